The summed E-state index contributed by atoms with van der Waals surface area (Å²) in [6, 6.07) is 9.19. The van der Waals surface area contributed by atoms with Crippen molar-refractivity contribution in [2.24, 2.45) is 0 Å². The van der Waals surface area contributed by atoms with Crippen LogP contribution in [0.5, 0.6) is 11.5 Å². The fourth-order valence-electron chi connectivity index (χ4n) is 3.39. The molecule has 0 saturated heterocycles. The van der Waals surface area contributed by atoms with Gasteiger partial charge in [0.15, 0.2) is 23.1 Å². The molecule has 0 fully saturated rings. The molecule has 1 N–H and O–H groups in total. The Morgan fingerprint density at radius 3 is 2.61 bits per heavy atom. The summed E-state index contributed by atoms with van der Waals surface area (Å²) < 4.78 is 26.0. The Balaban J connectivity index is 1.86. The van der Waals surface area contributed by atoms with Crippen molar-refractivity contribution in [2.75, 3.05) is 19.8 Å². The molecule has 1 aliphatic heterocycles. The van der Waals surface area contributed by atoms with Gasteiger partial charge in [-0.15, -0.1) is 0 Å². The Labute approximate surface area is 164 Å². The van der Waals surface area contributed by atoms with Gasteiger partial charge >= 0.3 is 0 Å². The van der Waals surface area contributed by atoms with Crippen molar-refractivity contribution in [1.29, 1.82) is 5.41 Å². The molecular weight excluding hydrogens is 359 g/mol. The number of halogens is 1. The van der Waals surface area contributed by atoms with Gasteiger partial charge in [-0.05, 0) is 43.5 Å². The van der Waals surface area contributed by atoms with Crippen molar-refractivity contribution in [2.45, 2.75) is 33.7 Å². The second-order valence-corrected chi connectivity index (χ2v) is 6.60. The summed E-state index contributed by atoms with van der Waals surface area (Å²) in [6.45, 7) is 6.60. The molecule has 3 rings (SSSR count). The topological polar surface area (TPSA) is 62.6 Å². The van der Waals surface area contributed by atoms with Gasteiger partial charge in [-0.1, -0.05) is 25.1 Å². The number of hydrogen-bond acceptors (Lipinski definition) is 4. The molecule has 0 spiro atoms. The summed E-state index contributed by atoms with van der Waals surface area (Å²) in [5, 5.41) is 8.40. The molecule has 0 unspecified atom stereocenters. The molecule has 1 aliphatic rings. The van der Waals surface area contributed by atoms with Crippen molar-refractivity contribution < 1.29 is 18.7 Å². The third-order valence-corrected chi connectivity index (χ3v) is 4.76. The van der Waals surface area contributed by atoms with Crippen LogP contribution in [0.4, 0.5) is 4.39 Å². The first-order chi connectivity index (χ1) is 13.5. The van der Waals surface area contributed by atoms with Crippen LogP contribution in [0.25, 0.3) is 0 Å². The number of fused-ring (bicyclic) bond motifs is 1. The van der Waals surface area contributed by atoms with Crippen LogP contribution >= 0.6 is 0 Å². The minimum atomic E-state index is -0.601. The van der Waals surface area contributed by atoms with E-state index in [1.165, 1.54) is 0 Å². The van der Waals surface area contributed by atoms with E-state index in [4.69, 9.17) is 14.9 Å². The number of ether oxygens (including phenoxy) is 2. The zero-order chi connectivity index (χ0) is 20.3. The van der Waals surface area contributed by atoms with Gasteiger partial charge in [0.1, 0.15) is 5.84 Å². The largest absolute Gasteiger partial charge is 0.490 e. The monoisotopic (exact) mass is 384 g/mol. The maximum atomic E-state index is 15.1. The molecule has 1 heterocycles. The Hall–Kier alpha value is -2.89. The van der Waals surface area contributed by atoms with Gasteiger partial charge in [0, 0.05) is 12.1 Å². The number of rotatable bonds is 8. The number of amidine groups is 1. The van der Waals surface area contributed by atoms with Gasteiger partial charge in [0.05, 0.1) is 25.3 Å². The highest BCUT2D eigenvalue weighted by Crippen LogP contribution is 2.39. The number of carbonyl (C=O) groups excluding carboxylic acids is 1. The van der Waals surface area contributed by atoms with Gasteiger partial charge in [-0.2, -0.15) is 0 Å². The molecule has 0 amide bonds. The summed E-state index contributed by atoms with van der Waals surface area (Å²) in [7, 11) is 0. The fourth-order valence-corrected chi connectivity index (χ4v) is 3.39. The van der Waals surface area contributed by atoms with Crippen LogP contribution in [0.1, 0.15) is 47.8 Å². The summed E-state index contributed by atoms with van der Waals surface area (Å²) in [5.74, 6) is -0.343. The fraction of sp³-hybridized carbons (Fsp3) is 0.364. The molecule has 2 aromatic rings. The first-order valence-corrected chi connectivity index (χ1v) is 9.57. The van der Waals surface area contributed by atoms with Crippen molar-refractivity contribution in [3.8, 4) is 11.5 Å². The standard InChI is InChI=1S/C22H25FN2O3/c1-4-14-8-7-9-15(10-14)17(26)13-25-12-16-11-18(27-5-2)21(28-6-3)20(23)19(16)22(25)24/h7-11,24H,4-6,12-13H2,1-3H3. The highest BCUT2D eigenvalue weighted by atomic mass is 19.1. The zero-order valence-corrected chi connectivity index (χ0v) is 16.5. The zero-order valence-electron chi connectivity index (χ0n) is 16.5. The van der Waals surface area contributed by atoms with Crippen LogP contribution in [0.15, 0.2) is 30.3 Å². The second-order valence-electron chi connectivity index (χ2n) is 6.60. The highest BCUT2D eigenvalue weighted by molar-refractivity contribution is 6.05. The third kappa shape index (κ3) is 3.72. The van der Waals surface area contributed by atoms with Gasteiger partial charge < -0.3 is 14.4 Å². The van der Waals surface area contributed by atoms with Crippen LogP contribution in [0.3, 0.4) is 0 Å². The van der Waals surface area contributed by atoms with E-state index < -0.39 is 5.82 Å². The van der Waals surface area contributed by atoms with E-state index in [-0.39, 0.29) is 36.0 Å². The summed E-state index contributed by atoms with van der Waals surface area (Å²) >= 11 is 0. The molecule has 0 saturated carbocycles. The van der Waals surface area contributed by atoms with Crippen LogP contribution in [0.2, 0.25) is 0 Å². The quantitative estimate of drug-likeness (QED) is 0.693. The highest BCUT2D eigenvalue weighted by Gasteiger charge is 2.33. The van der Waals surface area contributed by atoms with Crippen LogP contribution in [0, 0.1) is 11.2 Å². The number of benzene rings is 2. The average molecular weight is 384 g/mol. The minimum absolute atomic E-state index is 0.00324. The summed E-state index contributed by atoms with van der Waals surface area (Å²) in [5.41, 5.74) is 2.50. The molecule has 2 aromatic carbocycles. The Morgan fingerprint density at radius 1 is 1.18 bits per heavy atom. The first-order valence-electron chi connectivity index (χ1n) is 9.57. The predicted molar refractivity (Wildman–Crippen MR) is 106 cm³/mol. The number of nitrogens with zero attached hydrogens (tertiary/aromatic N) is 1. The van der Waals surface area contributed by atoms with Gasteiger partial charge in [0.25, 0.3) is 0 Å². The Bertz CT molecular complexity index is 911. The number of hydrogen-bond donors (Lipinski definition) is 1. The SMILES string of the molecule is CCOc1cc2c(c(F)c1OCC)C(=N)N(CC(=O)c1cccc(CC)c1)C2. The van der Waals surface area contributed by atoms with Crippen LogP contribution in [-0.4, -0.2) is 36.3 Å². The van der Waals surface area contributed by atoms with E-state index in [0.717, 1.165) is 12.0 Å². The maximum absolute atomic E-state index is 15.1. The lowest BCUT2D eigenvalue weighted by molar-refractivity contribution is 0.0962. The number of ketones is 1. The number of nitrogens with one attached hydrogen (secondary N) is 1. The normalized spacial score (nSPS) is 12.9. The van der Waals surface area contributed by atoms with E-state index in [9.17, 15) is 4.79 Å². The van der Waals surface area contributed by atoms with Crippen LogP contribution < -0.4 is 9.47 Å². The maximum Gasteiger partial charge on any atom is 0.197 e. The molecule has 6 heteroatoms. The van der Waals surface area contributed by atoms with Gasteiger partial charge in [-0.3, -0.25) is 10.2 Å². The van der Waals surface area contributed by atoms with E-state index in [1.54, 1.807) is 24.0 Å². The molecule has 0 atom stereocenters. The van der Waals surface area contributed by atoms with Crippen LogP contribution in [-0.2, 0) is 13.0 Å². The Morgan fingerprint density at radius 2 is 1.93 bits per heavy atom. The molecule has 5 nitrogen and oxygen atoms in total. The number of carbonyl (C=O) groups is 1. The molecule has 0 bridgehead atoms. The molecule has 0 radical (unpaired) electrons. The van der Waals surface area contributed by atoms with E-state index in [1.807, 2.05) is 32.0 Å². The second kappa shape index (κ2) is 8.42. The molecule has 148 valence electrons. The Kier molecular flexibility index (Phi) is 5.97. The minimum Gasteiger partial charge on any atom is -0.490 e. The van der Waals surface area contributed by atoms with Crippen molar-refractivity contribution in [3.05, 3.63) is 58.4 Å². The molecule has 28 heavy (non-hydrogen) atoms. The molecule has 0 aromatic heterocycles. The van der Waals surface area contributed by atoms with Crippen molar-refractivity contribution in [1.82, 2.24) is 4.90 Å². The summed E-state index contributed by atoms with van der Waals surface area (Å²) in [6.07, 6.45) is 0.845. The lowest BCUT2D eigenvalue weighted by Crippen LogP contribution is -2.30. The summed E-state index contributed by atoms with van der Waals surface area (Å²) in [4.78, 5) is 14.3. The molecular formula is C22H25FN2O3. The lowest BCUT2D eigenvalue weighted by atomic mass is 10.1. The van der Waals surface area contributed by atoms with Gasteiger partial charge in [0.2, 0.25) is 0 Å². The average Bonchev–Trinajstić information content (AvgIpc) is 3.00. The van der Waals surface area contributed by atoms with Crippen molar-refractivity contribution in [3.63, 3.8) is 0 Å². The lowest BCUT2D eigenvalue weighted by Gasteiger charge is -2.17. The third-order valence-electron chi connectivity index (χ3n) is 4.76. The first kappa shape index (κ1) is 19.9. The number of Topliss-reactive ketones (excluding diaryl/α,β-unsaturated/α-hetero) is 1. The van der Waals surface area contributed by atoms with E-state index >= 15 is 4.39 Å². The predicted octanol–water partition coefficient (Wildman–Crippen LogP) is 4.21. The van der Waals surface area contributed by atoms with E-state index in [0.29, 0.717) is 30.1 Å². The van der Waals surface area contributed by atoms with E-state index in [2.05, 4.69) is 0 Å². The van der Waals surface area contributed by atoms with Gasteiger partial charge in [-0.25, -0.2) is 4.39 Å². The van der Waals surface area contributed by atoms with Crippen molar-refractivity contribution >= 4 is 11.6 Å². The molecule has 0 aliphatic carbocycles. The smallest absolute Gasteiger partial charge is 0.197 e. The number of aryl methyl sites for hydroxylation is 1.